The lowest BCUT2D eigenvalue weighted by Crippen LogP contribution is -2.18. The predicted molar refractivity (Wildman–Crippen MR) is 87.7 cm³/mol. The first-order chi connectivity index (χ1) is 11.0. The summed E-state index contributed by atoms with van der Waals surface area (Å²) in [7, 11) is -3.16. The van der Waals surface area contributed by atoms with Crippen LogP contribution >= 0.6 is 0 Å². The third kappa shape index (κ3) is 3.14. The molecule has 1 aromatic heterocycles. The number of nitrogen functional groups attached to an aromatic ring is 1. The molecule has 9 nitrogen and oxygen atoms in total. The molecule has 2 aromatic rings. The highest BCUT2D eigenvalue weighted by molar-refractivity contribution is 7.86. The maximum Gasteiger partial charge on any atom is 0.296 e. The van der Waals surface area contributed by atoms with Gasteiger partial charge in [-0.3, -0.25) is 13.9 Å². The predicted octanol–water partition coefficient (Wildman–Crippen LogP) is 1.95. The van der Waals surface area contributed by atoms with E-state index >= 15 is 0 Å². The Hall–Kier alpha value is -2.72. The number of anilines is 1. The van der Waals surface area contributed by atoms with E-state index in [1.165, 1.54) is 19.2 Å². The van der Waals surface area contributed by atoms with Gasteiger partial charge in [-0.25, -0.2) is 0 Å². The van der Waals surface area contributed by atoms with Gasteiger partial charge in [0, 0.05) is 18.3 Å². The first-order valence-electron chi connectivity index (χ1n) is 6.72. The van der Waals surface area contributed by atoms with E-state index in [0.717, 1.165) is 10.6 Å². The number of azo groups is 1. The zero-order valence-electron chi connectivity index (χ0n) is 13.2. The van der Waals surface area contributed by atoms with E-state index in [9.17, 15) is 22.9 Å². The van der Waals surface area contributed by atoms with Crippen LogP contribution in [0.15, 0.2) is 38.1 Å². The fourth-order valence-corrected chi connectivity index (χ4v) is 2.67. The van der Waals surface area contributed by atoms with Crippen molar-refractivity contribution < 1.29 is 18.1 Å². The summed E-state index contributed by atoms with van der Waals surface area (Å²) in [5.74, 6) is -0.195. The molecule has 128 valence electrons. The number of pyridine rings is 1. The standard InChI is InChI=1S/C14H16N4O5S/c1-7-8(2)13(19)18(3)14(20)12(7)17-16-10-6-9(15)4-5-11(10)24(21,22)23/h4-6,19H,15H2,1-3H3,(H,21,22,23). The van der Waals surface area contributed by atoms with Gasteiger partial charge in [0.15, 0.2) is 11.6 Å². The van der Waals surface area contributed by atoms with Crippen LogP contribution in [0.4, 0.5) is 17.1 Å². The van der Waals surface area contributed by atoms with E-state index < -0.39 is 20.6 Å². The number of hydrogen-bond donors (Lipinski definition) is 3. The maximum absolute atomic E-state index is 12.2. The third-order valence-corrected chi connectivity index (χ3v) is 4.50. The number of nitrogens with two attached hydrogens (primary N) is 1. The van der Waals surface area contributed by atoms with E-state index in [2.05, 4.69) is 10.2 Å². The van der Waals surface area contributed by atoms with Crippen LogP contribution in [-0.2, 0) is 17.2 Å². The molecule has 0 fully saturated rings. The van der Waals surface area contributed by atoms with E-state index in [4.69, 9.17) is 5.73 Å². The van der Waals surface area contributed by atoms with Crippen molar-refractivity contribution in [3.8, 4) is 5.88 Å². The Bertz CT molecular complexity index is 1010. The fourth-order valence-electron chi connectivity index (χ4n) is 2.06. The van der Waals surface area contributed by atoms with Gasteiger partial charge >= 0.3 is 0 Å². The topological polar surface area (TPSA) is 147 Å². The molecule has 0 bridgehead atoms. The lowest BCUT2D eigenvalue weighted by molar-refractivity contribution is 0.418. The molecule has 0 atom stereocenters. The van der Waals surface area contributed by atoms with Gasteiger partial charge in [-0.2, -0.15) is 8.42 Å². The average Bonchev–Trinajstić information content (AvgIpc) is 2.50. The monoisotopic (exact) mass is 352 g/mol. The van der Waals surface area contributed by atoms with Crippen molar-refractivity contribution in [3.05, 3.63) is 39.7 Å². The van der Waals surface area contributed by atoms with E-state index in [-0.39, 0.29) is 22.9 Å². The lowest BCUT2D eigenvalue weighted by Gasteiger charge is -2.10. The SMILES string of the molecule is Cc1c(C)c(O)n(C)c(=O)c1N=Nc1cc(N)ccc1S(=O)(=O)O. The summed E-state index contributed by atoms with van der Waals surface area (Å²) in [4.78, 5) is 11.7. The van der Waals surface area contributed by atoms with Gasteiger partial charge in [0.25, 0.3) is 15.7 Å². The van der Waals surface area contributed by atoms with Crippen molar-refractivity contribution in [2.75, 3.05) is 5.73 Å². The second-order valence-electron chi connectivity index (χ2n) is 5.19. The minimum absolute atomic E-state index is 0.0588. The Labute approximate surface area is 137 Å². The number of hydrogen-bond acceptors (Lipinski definition) is 7. The maximum atomic E-state index is 12.2. The smallest absolute Gasteiger partial charge is 0.296 e. The van der Waals surface area contributed by atoms with Gasteiger partial charge in [-0.05, 0) is 37.6 Å². The van der Waals surface area contributed by atoms with Gasteiger partial charge in [0.2, 0.25) is 0 Å². The van der Waals surface area contributed by atoms with Crippen molar-refractivity contribution in [3.63, 3.8) is 0 Å². The molecule has 1 aromatic carbocycles. The molecule has 0 unspecified atom stereocenters. The van der Waals surface area contributed by atoms with Crippen LogP contribution in [0.5, 0.6) is 5.88 Å². The zero-order valence-corrected chi connectivity index (χ0v) is 14.0. The highest BCUT2D eigenvalue weighted by atomic mass is 32.2. The summed E-state index contributed by atoms with van der Waals surface area (Å²) < 4.78 is 33.0. The van der Waals surface area contributed by atoms with Gasteiger partial charge in [-0.1, -0.05) is 0 Å². The van der Waals surface area contributed by atoms with Gasteiger partial charge in [0.05, 0.1) is 0 Å². The molecule has 0 spiro atoms. The molecule has 10 heteroatoms. The van der Waals surface area contributed by atoms with E-state index in [1.54, 1.807) is 13.8 Å². The molecular weight excluding hydrogens is 336 g/mol. The van der Waals surface area contributed by atoms with Crippen LogP contribution in [0.2, 0.25) is 0 Å². The van der Waals surface area contributed by atoms with Crippen LogP contribution in [0.1, 0.15) is 11.1 Å². The van der Waals surface area contributed by atoms with Gasteiger partial charge < -0.3 is 10.8 Å². The van der Waals surface area contributed by atoms with Crippen molar-refractivity contribution in [1.82, 2.24) is 4.57 Å². The Balaban J connectivity index is 2.67. The first kappa shape index (κ1) is 17.6. The van der Waals surface area contributed by atoms with Crippen LogP contribution in [0.3, 0.4) is 0 Å². The number of rotatable bonds is 3. The summed E-state index contributed by atoms with van der Waals surface area (Å²) in [6.45, 7) is 3.18. The van der Waals surface area contributed by atoms with Crippen molar-refractivity contribution in [2.24, 2.45) is 17.3 Å². The number of aromatic hydroxyl groups is 1. The Morgan fingerprint density at radius 3 is 2.38 bits per heavy atom. The second kappa shape index (κ2) is 6.06. The summed E-state index contributed by atoms with van der Waals surface area (Å²) in [5, 5.41) is 17.4. The minimum Gasteiger partial charge on any atom is -0.494 e. The molecule has 1 heterocycles. The summed E-state index contributed by atoms with van der Waals surface area (Å²) >= 11 is 0. The normalized spacial score (nSPS) is 12.0. The second-order valence-corrected chi connectivity index (χ2v) is 6.58. The molecule has 0 aliphatic rings. The molecule has 0 amide bonds. The molecule has 0 saturated carbocycles. The van der Waals surface area contributed by atoms with Crippen LogP contribution in [-0.4, -0.2) is 22.6 Å². The molecule has 0 saturated heterocycles. The summed E-state index contributed by atoms with van der Waals surface area (Å²) in [6, 6.07) is 3.59. The number of benzene rings is 1. The van der Waals surface area contributed by atoms with Gasteiger partial charge in [0.1, 0.15) is 10.6 Å². The van der Waals surface area contributed by atoms with Crippen molar-refractivity contribution >= 4 is 27.2 Å². The van der Waals surface area contributed by atoms with Crippen LogP contribution < -0.4 is 11.3 Å². The van der Waals surface area contributed by atoms with E-state index in [1.807, 2.05) is 0 Å². The quantitative estimate of drug-likeness (QED) is 0.437. The number of nitrogens with zero attached hydrogens (tertiary/aromatic N) is 3. The summed E-state index contributed by atoms with van der Waals surface area (Å²) in [6.07, 6.45) is 0. The minimum atomic E-state index is -4.53. The third-order valence-electron chi connectivity index (χ3n) is 3.60. The first-order valence-corrected chi connectivity index (χ1v) is 8.16. The van der Waals surface area contributed by atoms with Crippen molar-refractivity contribution in [1.29, 1.82) is 0 Å². The lowest BCUT2D eigenvalue weighted by atomic mass is 10.1. The molecule has 0 radical (unpaired) electrons. The fraction of sp³-hybridized carbons (Fsp3) is 0.214. The molecule has 2 rings (SSSR count). The van der Waals surface area contributed by atoms with Gasteiger partial charge in [-0.15, -0.1) is 10.2 Å². The molecular formula is C14H16N4O5S. The van der Waals surface area contributed by atoms with E-state index in [0.29, 0.717) is 11.1 Å². The summed E-state index contributed by atoms with van der Waals surface area (Å²) in [5.41, 5.74) is 5.78. The molecule has 0 aliphatic carbocycles. The number of aromatic nitrogens is 1. The molecule has 24 heavy (non-hydrogen) atoms. The van der Waals surface area contributed by atoms with Crippen LogP contribution in [0.25, 0.3) is 0 Å². The highest BCUT2D eigenvalue weighted by Gasteiger charge is 2.17. The zero-order chi connectivity index (χ0) is 18.2. The molecule has 0 aliphatic heterocycles. The largest absolute Gasteiger partial charge is 0.494 e. The van der Waals surface area contributed by atoms with Crippen LogP contribution in [0, 0.1) is 13.8 Å². The Morgan fingerprint density at radius 1 is 1.17 bits per heavy atom. The Kier molecular flexibility index (Phi) is 4.45. The highest BCUT2D eigenvalue weighted by Crippen LogP contribution is 2.30. The Morgan fingerprint density at radius 2 is 1.79 bits per heavy atom. The molecule has 4 N–H and O–H groups in total. The average molecular weight is 352 g/mol. The van der Waals surface area contributed by atoms with Crippen molar-refractivity contribution in [2.45, 2.75) is 18.7 Å².